The van der Waals surface area contributed by atoms with Crippen molar-refractivity contribution in [2.24, 2.45) is 0 Å². The molecule has 0 nitrogen and oxygen atoms in total. The van der Waals surface area contributed by atoms with Crippen LogP contribution in [-0.2, 0) is 0 Å². The highest BCUT2D eigenvalue weighted by Gasteiger charge is 2.05. The highest BCUT2D eigenvalue weighted by molar-refractivity contribution is 5.83. The van der Waals surface area contributed by atoms with Crippen molar-refractivity contribution in [3.63, 3.8) is 0 Å². The number of aryl methyl sites for hydroxylation is 4. The Balaban J connectivity index is 1.97. The smallest absolute Gasteiger partial charge is 0.0111 e. The molecule has 0 aliphatic carbocycles. The normalized spacial score (nSPS) is 11.1. The molecule has 0 spiro atoms. The fourth-order valence-corrected chi connectivity index (χ4v) is 3.35. The van der Waals surface area contributed by atoms with E-state index >= 15 is 0 Å². The van der Waals surface area contributed by atoms with E-state index in [-0.39, 0.29) is 0 Å². The van der Waals surface area contributed by atoms with Crippen molar-refractivity contribution >= 4 is 11.6 Å². The molecule has 0 radical (unpaired) electrons. The summed E-state index contributed by atoms with van der Waals surface area (Å²) in [5.41, 5.74) is 11.1. The molecule has 0 fully saturated rings. The molecule has 26 heavy (non-hydrogen) atoms. The molecule has 3 aromatic rings. The van der Waals surface area contributed by atoms with E-state index in [1.54, 1.807) is 0 Å². The van der Waals surface area contributed by atoms with Crippen LogP contribution in [0.15, 0.2) is 73.3 Å². The second-order valence-corrected chi connectivity index (χ2v) is 7.14. The molecule has 0 aliphatic rings. The summed E-state index contributed by atoms with van der Waals surface area (Å²) in [6.07, 6.45) is 4.32. The standard InChI is InChI=1S/C26H26/c1-18-7-6-8-23(16-18)26-14-10-20(3)17-24(26)12-11-21(4)25-13-9-19(2)15-22(25)5/h6-17H,4H2,1-3,5H3/b12-11+. The third-order valence-electron chi connectivity index (χ3n) is 4.73. The molecule has 0 saturated heterocycles. The Morgan fingerprint density at radius 3 is 2.19 bits per heavy atom. The van der Waals surface area contributed by atoms with Gasteiger partial charge in [0, 0.05) is 0 Å². The van der Waals surface area contributed by atoms with Gasteiger partial charge in [-0.3, -0.25) is 0 Å². The topological polar surface area (TPSA) is 0 Å². The van der Waals surface area contributed by atoms with Crippen LogP contribution in [0.2, 0.25) is 0 Å². The van der Waals surface area contributed by atoms with Crippen molar-refractivity contribution < 1.29 is 0 Å². The number of hydrogen-bond acceptors (Lipinski definition) is 0. The fourth-order valence-electron chi connectivity index (χ4n) is 3.35. The molecule has 0 heteroatoms. The Bertz CT molecular complexity index is 987. The summed E-state index contributed by atoms with van der Waals surface area (Å²) in [5, 5.41) is 0. The highest BCUT2D eigenvalue weighted by atomic mass is 14.1. The summed E-state index contributed by atoms with van der Waals surface area (Å²) < 4.78 is 0. The Hall–Kier alpha value is -2.86. The van der Waals surface area contributed by atoms with Gasteiger partial charge >= 0.3 is 0 Å². The van der Waals surface area contributed by atoms with E-state index in [4.69, 9.17) is 0 Å². The van der Waals surface area contributed by atoms with Crippen LogP contribution in [0.3, 0.4) is 0 Å². The van der Waals surface area contributed by atoms with Gasteiger partial charge in [0.1, 0.15) is 0 Å². The first-order valence-corrected chi connectivity index (χ1v) is 9.06. The number of benzene rings is 3. The molecule has 0 heterocycles. The molecule has 0 bridgehead atoms. The molecule has 3 rings (SSSR count). The predicted molar refractivity (Wildman–Crippen MR) is 115 cm³/mol. The van der Waals surface area contributed by atoms with Crippen molar-refractivity contribution in [2.45, 2.75) is 27.7 Å². The largest absolute Gasteiger partial charge is 0.0911 e. The van der Waals surface area contributed by atoms with Gasteiger partial charge in [0.15, 0.2) is 0 Å². The Morgan fingerprint density at radius 2 is 1.46 bits per heavy atom. The lowest BCUT2D eigenvalue weighted by atomic mass is 9.95. The second kappa shape index (κ2) is 7.58. The first-order chi connectivity index (χ1) is 12.4. The lowest BCUT2D eigenvalue weighted by Gasteiger charge is -2.10. The first kappa shape index (κ1) is 17.9. The van der Waals surface area contributed by atoms with Gasteiger partial charge in [-0.15, -0.1) is 0 Å². The van der Waals surface area contributed by atoms with Crippen LogP contribution in [0.4, 0.5) is 0 Å². The molecule has 0 saturated carbocycles. The molecule has 130 valence electrons. The molecule has 3 aromatic carbocycles. The van der Waals surface area contributed by atoms with Gasteiger partial charge in [0.2, 0.25) is 0 Å². The summed E-state index contributed by atoms with van der Waals surface area (Å²) >= 11 is 0. The van der Waals surface area contributed by atoms with Crippen molar-refractivity contribution in [1.29, 1.82) is 0 Å². The molecular weight excluding hydrogens is 312 g/mol. The zero-order chi connectivity index (χ0) is 18.7. The van der Waals surface area contributed by atoms with Crippen LogP contribution in [0.1, 0.15) is 33.4 Å². The van der Waals surface area contributed by atoms with Gasteiger partial charge in [0.25, 0.3) is 0 Å². The molecule has 0 aromatic heterocycles. The zero-order valence-corrected chi connectivity index (χ0v) is 16.1. The van der Waals surface area contributed by atoms with E-state index in [1.807, 2.05) is 0 Å². The maximum atomic E-state index is 4.28. The summed E-state index contributed by atoms with van der Waals surface area (Å²) in [7, 11) is 0. The van der Waals surface area contributed by atoms with E-state index in [1.165, 1.54) is 44.5 Å². The quantitative estimate of drug-likeness (QED) is 0.437. The zero-order valence-electron chi connectivity index (χ0n) is 16.1. The molecule has 0 amide bonds. The van der Waals surface area contributed by atoms with Gasteiger partial charge in [-0.2, -0.15) is 0 Å². The van der Waals surface area contributed by atoms with Gasteiger partial charge in [-0.25, -0.2) is 0 Å². The van der Waals surface area contributed by atoms with E-state index in [0.29, 0.717) is 0 Å². The third-order valence-corrected chi connectivity index (χ3v) is 4.73. The van der Waals surface area contributed by atoms with Crippen molar-refractivity contribution in [3.8, 4) is 11.1 Å². The van der Waals surface area contributed by atoms with E-state index in [0.717, 1.165) is 5.57 Å². The van der Waals surface area contributed by atoms with Gasteiger partial charge in [0.05, 0.1) is 0 Å². The van der Waals surface area contributed by atoms with Crippen molar-refractivity contribution in [1.82, 2.24) is 0 Å². The maximum absolute atomic E-state index is 4.28. The predicted octanol–water partition coefficient (Wildman–Crippen LogP) is 7.31. The minimum absolute atomic E-state index is 1.04. The van der Waals surface area contributed by atoms with Gasteiger partial charge in [-0.1, -0.05) is 96.1 Å². The number of hydrogen-bond donors (Lipinski definition) is 0. The van der Waals surface area contributed by atoms with Gasteiger partial charge in [-0.05, 0) is 61.1 Å². The number of rotatable bonds is 4. The van der Waals surface area contributed by atoms with Crippen molar-refractivity contribution in [2.75, 3.05) is 0 Å². The SMILES string of the molecule is C=C(/C=C/c1cc(C)ccc1-c1cccc(C)c1)c1ccc(C)cc1C. The van der Waals surface area contributed by atoms with Crippen LogP contribution < -0.4 is 0 Å². The van der Waals surface area contributed by atoms with Crippen LogP contribution in [0.25, 0.3) is 22.8 Å². The molecule has 0 N–H and O–H groups in total. The average molecular weight is 338 g/mol. The summed E-state index contributed by atoms with van der Waals surface area (Å²) in [6, 6.07) is 21.8. The lowest BCUT2D eigenvalue weighted by molar-refractivity contribution is 1.36. The Labute approximate surface area is 157 Å². The van der Waals surface area contributed by atoms with Gasteiger partial charge < -0.3 is 0 Å². The van der Waals surface area contributed by atoms with Crippen LogP contribution >= 0.6 is 0 Å². The molecular formula is C26H26. The monoisotopic (exact) mass is 338 g/mol. The minimum Gasteiger partial charge on any atom is -0.0911 e. The minimum atomic E-state index is 1.04. The van der Waals surface area contributed by atoms with Crippen LogP contribution in [0, 0.1) is 27.7 Å². The van der Waals surface area contributed by atoms with Crippen LogP contribution in [0.5, 0.6) is 0 Å². The van der Waals surface area contributed by atoms with E-state index in [9.17, 15) is 0 Å². The third kappa shape index (κ3) is 4.03. The molecule has 0 atom stereocenters. The Kier molecular flexibility index (Phi) is 5.23. The van der Waals surface area contributed by atoms with E-state index < -0.39 is 0 Å². The fraction of sp³-hybridized carbons (Fsp3) is 0.154. The maximum Gasteiger partial charge on any atom is -0.0111 e. The molecule has 0 unspecified atom stereocenters. The summed E-state index contributed by atoms with van der Waals surface area (Å²) in [5.74, 6) is 0. The summed E-state index contributed by atoms with van der Waals surface area (Å²) in [6.45, 7) is 12.8. The Morgan fingerprint density at radius 1 is 0.769 bits per heavy atom. The second-order valence-electron chi connectivity index (χ2n) is 7.14. The molecule has 0 aliphatic heterocycles. The lowest BCUT2D eigenvalue weighted by Crippen LogP contribution is -1.88. The van der Waals surface area contributed by atoms with Crippen LogP contribution in [-0.4, -0.2) is 0 Å². The van der Waals surface area contributed by atoms with E-state index in [2.05, 4.69) is 107 Å². The van der Waals surface area contributed by atoms with Crippen molar-refractivity contribution in [3.05, 3.63) is 107 Å². The first-order valence-electron chi connectivity index (χ1n) is 9.06. The number of allylic oxidation sites excluding steroid dienone is 2. The summed E-state index contributed by atoms with van der Waals surface area (Å²) in [4.78, 5) is 0. The highest BCUT2D eigenvalue weighted by Crippen LogP contribution is 2.28. The average Bonchev–Trinajstić information content (AvgIpc) is 2.59.